The summed E-state index contributed by atoms with van der Waals surface area (Å²) in [6.45, 7) is 22.9. The lowest BCUT2D eigenvalue weighted by Crippen LogP contribution is -2.60. The van der Waals surface area contributed by atoms with Gasteiger partial charge in [-0.05, 0) is 49.9 Å². The Morgan fingerprint density at radius 2 is 1.46 bits per heavy atom. The number of primary amides is 1. The minimum absolute atomic E-state index is 0.00256. The van der Waals surface area contributed by atoms with Crippen molar-refractivity contribution in [1.29, 1.82) is 0 Å². The van der Waals surface area contributed by atoms with Crippen LogP contribution < -0.4 is 21.7 Å². The largest absolute Gasteiger partial charge is 0.363 e. The van der Waals surface area contributed by atoms with E-state index in [1.807, 2.05) is 20.8 Å². The van der Waals surface area contributed by atoms with E-state index in [9.17, 15) is 28.8 Å². The highest BCUT2D eigenvalue weighted by molar-refractivity contribution is 6.37. The number of amides is 6. The molecule has 46 heavy (non-hydrogen) atoms. The standard InChI is InChI=1S/C27H46N6O6.C4H10.C3H8/c1-7-32(8-2)20(34)14-29-26(39)31-22(27(4,5)6)25(38)33-15-16(3)12-19(33)24(37)30-18(21(35)23(28)36)13-17-10-9-11-17;1-4(2)3;1-3-2/h16-19,22H,7-15H2,1-6H3,(H2,28,36)(H,30,37)(H2,29,31,39);4H,1-3H3;3H2,1-2H3/t16?,18?,19-,22?;;/m0../s1. The van der Waals surface area contributed by atoms with Crippen LogP contribution >= 0.6 is 0 Å². The molecule has 6 amide bonds. The Morgan fingerprint density at radius 3 is 1.87 bits per heavy atom. The van der Waals surface area contributed by atoms with Gasteiger partial charge in [-0.1, -0.05) is 88.0 Å². The number of nitrogens with one attached hydrogen (secondary N) is 3. The van der Waals surface area contributed by atoms with Gasteiger partial charge in [0.25, 0.3) is 5.91 Å². The van der Waals surface area contributed by atoms with Crippen LogP contribution in [-0.2, 0) is 24.0 Å². The molecule has 4 atom stereocenters. The van der Waals surface area contributed by atoms with Gasteiger partial charge in [0, 0.05) is 19.6 Å². The third-order valence-electron chi connectivity index (χ3n) is 7.67. The van der Waals surface area contributed by atoms with E-state index in [0.29, 0.717) is 32.5 Å². The van der Waals surface area contributed by atoms with Crippen molar-refractivity contribution in [2.75, 3.05) is 26.2 Å². The number of likely N-dealkylation sites (tertiary alicyclic amines) is 1. The number of hydrogen-bond acceptors (Lipinski definition) is 6. The first-order valence-corrected chi connectivity index (χ1v) is 17.1. The monoisotopic (exact) mass is 652 g/mol. The summed E-state index contributed by atoms with van der Waals surface area (Å²) in [5, 5.41) is 7.91. The number of carbonyl (C=O) groups is 6. The Kier molecular flexibility index (Phi) is 19.4. The molecule has 1 heterocycles. The molecule has 0 aromatic rings. The van der Waals surface area contributed by atoms with Crippen molar-refractivity contribution in [1.82, 2.24) is 25.8 Å². The van der Waals surface area contributed by atoms with Crippen molar-refractivity contribution in [2.45, 2.75) is 133 Å². The molecular weight excluding hydrogens is 588 g/mol. The summed E-state index contributed by atoms with van der Waals surface area (Å²) in [7, 11) is 0. The summed E-state index contributed by atoms with van der Waals surface area (Å²) >= 11 is 0. The van der Waals surface area contributed by atoms with Crippen LogP contribution in [0, 0.1) is 23.2 Å². The predicted octanol–water partition coefficient (Wildman–Crippen LogP) is 3.61. The van der Waals surface area contributed by atoms with Crippen LogP contribution in [0.2, 0.25) is 0 Å². The minimum Gasteiger partial charge on any atom is -0.363 e. The average molecular weight is 653 g/mol. The van der Waals surface area contributed by atoms with E-state index in [2.05, 4.69) is 50.6 Å². The Labute approximate surface area is 277 Å². The maximum atomic E-state index is 13.8. The van der Waals surface area contributed by atoms with Crippen molar-refractivity contribution in [3.63, 3.8) is 0 Å². The second kappa shape index (κ2) is 20.8. The molecule has 0 aromatic heterocycles. The van der Waals surface area contributed by atoms with Crippen molar-refractivity contribution in [3.8, 4) is 0 Å². The molecule has 12 heteroatoms. The smallest absolute Gasteiger partial charge is 0.315 e. The van der Waals surface area contributed by atoms with Crippen molar-refractivity contribution >= 4 is 35.4 Å². The van der Waals surface area contributed by atoms with E-state index in [4.69, 9.17) is 5.73 Å². The van der Waals surface area contributed by atoms with Gasteiger partial charge in [-0.15, -0.1) is 0 Å². The predicted molar refractivity (Wildman–Crippen MR) is 182 cm³/mol. The summed E-state index contributed by atoms with van der Waals surface area (Å²) in [6, 6.07) is -3.54. The van der Waals surface area contributed by atoms with Crippen LogP contribution in [0.5, 0.6) is 0 Å². The lowest BCUT2D eigenvalue weighted by molar-refractivity contribution is -0.143. The van der Waals surface area contributed by atoms with E-state index in [0.717, 1.165) is 25.2 Å². The average Bonchev–Trinajstić information content (AvgIpc) is 3.32. The molecule has 1 aliphatic heterocycles. The van der Waals surface area contributed by atoms with E-state index in [1.54, 1.807) is 25.7 Å². The van der Waals surface area contributed by atoms with Gasteiger partial charge in [-0.25, -0.2) is 4.79 Å². The number of urea groups is 1. The normalized spacial score (nSPS) is 18.8. The molecule has 0 aromatic carbocycles. The molecule has 0 radical (unpaired) electrons. The summed E-state index contributed by atoms with van der Waals surface area (Å²) < 4.78 is 0. The number of nitrogens with two attached hydrogens (primary N) is 1. The van der Waals surface area contributed by atoms with Crippen molar-refractivity contribution in [2.24, 2.45) is 28.9 Å². The Balaban J connectivity index is 0.00000262. The lowest BCUT2D eigenvalue weighted by Gasteiger charge is -2.36. The maximum absolute atomic E-state index is 13.8. The minimum atomic E-state index is -1.10. The first kappa shape index (κ1) is 42.8. The first-order chi connectivity index (χ1) is 21.3. The van der Waals surface area contributed by atoms with Crippen molar-refractivity contribution < 1.29 is 28.8 Å². The number of hydrogen-bond donors (Lipinski definition) is 4. The molecular formula is C34H64N6O6. The van der Waals surface area contributed by atoms with Gasteiger partial charge in [0.05, 0.1) is 12.6 Å². The molecule has 2 fully saturated rings. The zero-order valence-corrected chi connectivity index (χ0v) is 30.5. The van der Waals surface area contributed by atoms with Gasteiger partial charge in [0.1, 0.15) is 12.1 Å². The highest BCUT2D eigenvalue weighted by Crippen LogP contribution is 2.32. The number of likely N-dealkylation sites (N-methyl/N-ethyl adjacent to an activating group) is 1. The van der Waals surface area contributed by atoms with Gasteiger partial charge in [0.15, 0.2) is 0 Å². The number of nitrogens with zero attached hydrogens (tertiary/aromatic N) is 2. The molecule has 2 aliphatic rings. The fourth-order valence-corrected chi connectivity index (χ4v) is 5.11. The van der Waals surface area contributed by atoms with Gasteiger partial charge in [0.2, 0.25) is 23.5 Å². The maximum Gasteiger partial charge on any atom is 0.315 e. The molecule has 1 saturated carbocycles. The SMILES string of the molecule is CC(C)C.CCC.CCN(CC)C(=O)CNC(=O)NC(C(=O)N1CC(C)C[C@H]1C(=O)NC(CC1CCC1)C(=O)C(N)=O)C(C)(C)C. The molecule has 5 N–H and O–H groups in total. The molecule has 3 unspecified atom stereocenters. The lowest BCUT2D eigenvalue weighted by atomic mass is 9.80. The highest BCUT2D eigenvalue weighted by atomic mass is 16.2. The number of ketones is 1. The van der Waals surface area contributed by atoms with E-state index < -0.39 is 53.1 Å². The van der Waals surface area contributed by atoms with Crippen molar-refractivity contribution in [3.05, 3.63) is 0 Å². The highest BCUT2D eigenvalue weighted by Gasteiger charge is 2.45. The third-order valence-corrected chi connectivity index (χ3v) is 7.67. The number of carbonyl (C=O) groups excluding carboxylic acids is 6. The van der Waals surface area contributed by atoms with E-state index >= 15 is 0 Å². The molecule has 0 spiro atoms. The van der Waals surface area contributed by atoms with Crippen LogP contribution in [-0.4, -0.2) is 89.5 Å². The van der Waals surface area contributed by atoms with E-state index in [1.165, 1.54) is 11.3 Å². The van der Waals surface area contributed by atoms with Crippen LogP contribution in [0.25, 0.3) is 0 Å². The second-order valence-corrected chi connectivity index (χ2v) is 14.3. The Bertz CT molecular complexity index is 1000. The molecule has 1 saturated heterocycles. The van der Waals surface area contributed by atoms with Crippen LogP contribution in [0.1, 0.15) is 115 Å². The fourth-order valence-electron chi connectivity index (χ4n) is 5.11. The summed E-state index contributed by atoms with van der Waals surface area (Å²) in [6.07, 6.45) is 4.84. The third kappa shape index (κ3) is 14.9. The molecule has 1 aliphatic carbocycles. The van der Waals surface area contributed by atoms with Gasteiger partial charge >= 0.3 is 6.03 Å². The van der Waals surface area contributed by atoms with Gasteiger partial charge in [-0.2, -0.15) is 0 Å². The quantitative estimate of drug-likeness (QED) is 0.235. The number of Topliss-reactive ketones (excluding diaryl/α,β-unsaturated/α-hetero) is 1. The van der Waals surface area contributed by atoms with Crippen LogP contribution in [0.3, 0.4) is 0 Å². The van der Waals surface area contributed by atoms with Crippen LogP contribution in [0.4, 0.5) is 4.79 Å². The molecule has 12 nitrogen and oxygen atoms in total. The Hall–Kier alpha value is -3.18. The summed E-state index contributed by atoms with van der Waals surface area (Å²) in [4.78, 5) is 79.2. The van der Waals surface area contributed by atoms with Gasteiger partial charge < -0.3 is 31.5 Å². The van der Waals surface area contributed by atoms with Crippen LogP contribution in [0.15, 0.2) is 0 Å². The number of rotatable bonds is 12. The molecule has 266 valence electrons. The zero-order chi connectivity index (χ0) is 35.8. The fraction of sp³-hybridized carbons (Fsp3) is 0.824. The van der Waals surface area contributed by atoms with Gasteiger partial charge in [-0.3, -0.25) is 24.0 Å². The molecule has 0 bridgehead atoms. The topological polar surface area (TPSA) is 171 Å². The Morgan fingerprint density at radius 1 is 0.935 bits per heavy atom. The summed E-state index contributed by atoms with van der Waals surface area (Å²) in [5.74, 6) is -2.06. The second-order valence-electron chi connectivity index (χ2n) is 14.3. The van der Waals surface area contributed by atoms with E-state index in [-0.39, 0.29) is 24.3 Å². The first-order valence-electron chi connectivity index (χ1n) is 17.1. The molecule has 2 rings (SSSR count). The zero-order valence-electron chi connectivity index (χ0n) is 30.5. The summed E-state index contributed by atoms with van der Waals surface area (Å²) in [5.41, 5.74) is 4.52.